The molecule has 206 valence electrons. The maximum absolute atomic E-state index is 13.9. The van der Waals surface area contributed by atoms with Crippen molar-refractivity contribution >= 4 is 46.6 Å². The topological polar surface area (TPSA) is 92.3 Å². The molecule has 0 unspecified atom stereocenters. The number of carbonyl (C=O) groups excluding carboxylic acids is 1. The summed E-state index contributed by atoms with van der Waals surface area (Å²) in [5.74, 6) is 1.41. The number of methoxy groups -OCH3 is 2. The SMILES string of the molecule is CCOC(=O)C1=C(C)N=c2sc(=Cc3ccc(-c4cc(Cl)ccc4Cl)o3)c(=O)n2[C@@H]1c1ccc(OC)cc1OC. The monoisotopic (exact) mass is 598 g/mol. The van der Waals surface area contributed by atoms with Crippen LogP contribution in [0.2, 0.25) is 10.0 Å². The minimum atomic E-state index is -0.837. The van der Waals surface area contributed by atoms with E-state index in [1.807, 2.05) is 0 Å². The molecule has 4 aromatic rings. The molecule has 1 aliphatic rings. The van der Waals surface area contributed by atoms with E-state index < -0.39 is 12.0 Å². The third-order valence-electron chi connectivity index (χ3n) is 6.35. The average Bonchev–Trinajstić information content (AvgIpc) is 3.53. The third kappa shape index (κ3) is 5.08. The van der Waals surface area contributed by atoms with E-state index in [1.165, 1.54) is 23.0 Å². The Morgan fingerprint density at radius 2 is 1.93 bits per heavy atom. The molecule has 0 spiro atoms. The van der Waals surface area contributed by atoms with Crippen LogP contribution in [0.15, 0.2) is 74.0 Å². The fraction of sp³-hybridized carbons (Fsp3) is 0.207. The predicted octanol–water partition coefficient (Wildman–Crippen LogP) is 5.38. The highest BCUT2D eigenvalue weighted by Gasteiger charge is 2.35. The van der Waals surface area contributed by atoms with Crippen molar-refractivity contribution in [1.29, 1.82) is 0 Å². The number of hydrogen-bond acceptors (Lipinski definition) is 8. The number of ether oxygens (including phenoxy) is 3. The van der Waals surface area contributed by atoms with Crippen LogP contribution in [0.1, 0.15) is 31.2 Å². The second-order valence-corrected chi connectivity index (χ2v) is 10.6. The summed E-state index contributed by atoms with van der Waals surface area (Å²) in [4.78, 5) is 32.1. The molecule has 1 atom stereocenters. The van der Waals surface area contributed by atoms with Crippen LogP contribution in [0.3, 0.4) is 0 Å². The third-order valence-corrected chi connectivity index (χ3v) is 7.89. The van der Waals surface area contributed by atoms with E-state index in [-0.39, 0.29) is 17.7 Å². The van der Waals surface area contributed by atoms with Gasteiger partial charge in [0.1, 0.15) is 29.1 Å². The van der Waals surface area contributed by atoms with Crippen LogP contribution in [0.25, 0.3) is 17.4 Å². The molecule has 0 bridgehead atoms. The molecular weight excluding hydrogens is 575 g/mol. The predicted molar refractivity (Wildman–Crippen MR) is 154 cm³/mol. The number of allylic oxidation sites excluding steroid dienone is 1. The van der Waals surface area contributed by atoms with Crippen molar-refractivity contribution in [2.24, 2.45) is 4.99 Å². The number of esters is 1. The van der Waals surface area contributed by atoms with Gasteiger partial charge in [-0.25, -0.2) is 9.79 Å². The molecule has 2 aromatic carbocycles. The van der Waals surface area contributed by atoms with E-state index in [0.29, 0.717) is 59.2 Å². The van der Waals surface area contributed by atoms with Crippen molar-refractivity contribution in [3.05, 3.63) is 101 Å². The Morgan fingerprint density at radius 1 is 1.12 bits per heavy atom. The molecule has 0 amide bonds. The molecule has 2 aromatic heterocycles. The summed E-state index contributed by atoms with van der Waals surface area (Å²) in [6.07, 6.45) is 1.64. The molecular formula is C29H24Cl2N2O6S. The number of benzene rings is 2. The van der Waals surface area contributed by atoms with Gasteiger partial charge in [-0.1, -0.05) is 34.5 Å². The molecule has 0 fully saturated rings. The number of halogens is 2. The van der Waals surface area contributed by atoms with E-state index in [4.69, 9.17) is 41.8 Å². The van der Waals surface area contributed by atoms with Crippen molar-refractivity contribution in [3.8, 4) is 22.8 Å². The summed E-state index contributed by atoms with van der Waals surface area (Å²) >= 11 is 13.7. The Kier molecular flexibility index (Phi) is 7.89. The van der Waals surface area contributed by atoms with Gasteiger partial charge in [0.25, 0.3) is 5.56 Å². The van der Waals surface area contributed by atoms with Gasteiger partial charge in [-0.05, 0) is 56.3 Å². The van der Waals surface area contributed by atoms with E-state index in [0.717, 1.165) is 0 Å². The highest BCUT2D eigenvalue weighted by atomic mass is 35.5. The standard InChI is InChI=1S/C29H24Cl2N2O6S/c1-5-38-28(35)25-15(2)32-29-33(26(25)19-9-7-17(36-3)13-23(19)37-4)27(34)24(40-29)14-18-8-11-22(39-18)20-12-16(30)6-10-21(20)31/h6-14,26H,5H2,1-4H3/t26-/m1/s1. The second kappa shape index (κ2) is 11.4. The number of carbonyl (C=O) groups is 1. The van der Waals surface area contributed by atoms with Crippen LogP contribution in [0.4, 0.5) is 0 Å². The van der Waals surface area contributed by atoms with Gasteiger partial charge in [0.2, 0.25) is 0 Å². The smallest absolute Gasteiger partial charge is 0.338 e. The van der Waals surface area contributed by atoms with Crippen molar-refractivity contribution in [3.63, 3.8) is 0 Å². The molecule has 0 saturated carbocycles. The fourth-order valence-electron chi connectivity index (χ4n) is 4.52. The lowest BCUT2D eigenvalue weighted by atomic mass is 9.95. The summed E-state index contributed by atoms with van der Waals surface area (Å²) in [5.41, 5.74) is 1.57. The molecule has 1 aliphatic heterocycles. The summed E-state index contributed by atoms with van der Waals surface area (Å²) in [6, 6.07) is 13.0. The van der Waals surface area contributed by atoms with E-state index in [2.05, 4.69) is 4.99 Å². The number of furan rings is 1. The number of rotatable bonds is 7. The minimum absolute atomic E-state index is 0.171. The van der Waals surface area contributed by atoms with Crippen LogP contribution in [-0.4, -0.2) is 31.4 Å². The Balaban J connectivity index is 1.68. The number of fused-ring (bicyclic) bond motifs is 1. The summed E-state index contributed by atoms with van der Waals surface area (Å²) in [6.45, 7) is 3.62. The van der Waals surface area contributed by atoms with E-state index >= 15 is 0 Å². The van der Waals surface area contributed by atoms with Gasteiger partial charge in [0.05, 0.1) is 41.7 Å². The van der Waals surface area contributed by atoms with Crippen LogP contribution < -0.4 is 24.4 Å². The van der Waals surface area contributed by atoms with Crippen molar-refractivity contribution in [1.82, 2.24) is 4.57 Å². The molecule has 8 nitrogen and oxygen atoms in total. The highest BCUT2D eigenvalue weighted by molar-refractivity contribution is 7.07. The zero-order valence-electron chi connectivity index (χ0n) is 22.0. The maximum atomic E-state index is 13.9. The number of aromatic nitrogens is 1. The number of nitrogens with zero attached hydrogens (tertiary/aromatic N) is 2. The minimum Gasteiger partial charge on any atom is -0.497 e. The first-order valence-electron chi connectivity index (χ1n) is 12.2. The lowest BCUT2D eigenvalue weighted by molar-refractivity contribution is -0.139. The first kappa shape index (κ1) is 27.8. The van der Waals surface area contributed by atoms with Gasteiger partial charge in [0, 0.05) is 28.3 Å². The molecule has 40 heavy (non-hydrogen) atoms. The fourth-order valence-corrected chi connectivity index (χ4v) is 5.93. The molecule has 3 heterocycles. The van der Waals surface area contributed by atoms with Gasteiger partial charge in [-0.2, -0.15) is 0 Å². The number of thiazole rings is 1. The Hall–Kier alpha value is -3.79. The average molecular weight is 599 g/mol. The zero-order chi connectivity index (χ0) is 28.6. The van der Waals surface area contributed by atoms with Crippen LogP contribution >= 0.6 is 34.5 Å². The Bertz CT molecular complexity index is 1840. The van der Waals surface area contributed by atoms with Gasteiger partial charge < -0.3 is 18.6 Å². The lowest BCUT2D eigenvalue weighted by Crippen LogP contribution is -2.40. The molecule has 5 rings (SSSR count). The molecule has 0 radical (unpaired) electrons. The first-order valence-corrected chi connectivity index (χ1v) is 13.8. The largest absolute Gasteiger partial charge is 0.497 e. The van der Waals surface area contributed by atoms with E-state index in [9.17, 15) is 9.59 Å². The quantitative estimate of drug-likeness (QED) is 0.265. The van der Waals surface area contributed by atoms with Gasteiger partial charge in [-0.15, -0.1) is 0 Å². The van der Waals surface area contributed by atoms with Crippen molar-refractivity contribution in [2.75, 3.05) is 20.8 Å². The lowest BCUT2D eigenvalue weighted by Gasteiger charge is -2.26. The molecule has 0 aliphatic carbocycles. The first-order chi connectivity index (χ1) is 19.2. The van der Waals surface area contributed by atoms with Crippen LogP contribution in [0.5, 0.6) is 11.5 Å². The zero-order valence-corrected chi connectivity index (χ0v) is 24.3. The number of hydrogen-bond donors (Lipinski definition) is 0. The maximum Gasteiger partial charge on any atom is 0.338 e. The second-order valence-electron chi connectivity index (χ2n) is 8.74. The van der Waals surface area contributed by atoms with Crippen molar-refractivity contribution in [2.45, 2.75) is 19.9 Å². The van der Waals surface area contributed by atoms with E-state index in [1.54, 1.807) is 75.6 Å². The van der Waals surface area contributed by atoms with Crippen LogP contribution in [-0.2, 0) is 9.53 Å². The summed E-state index contributed by atoms with van der Waals surface area (Å²) < 4.78 is 24.2. The summed E-state index contributed by atoms with van der Waals surface area (Å²) in [7, 11) is 3.06. The molecule has 0 N–H and O–H groups in total. The van der Waals surface area contributed by atoms with Gasteiger partial charge in [0.15, 0.2) is 4.80 Å². The summed E-state index contributed by atoms with van der Waals surface area (Å²) in [5, 5.41) is 1.01. The molecule has 0 saturated heterocycles. The normalized spacial score (nSPS) is 15.1. The Morgan fingerprint density at radius 3 is 2.65 bits per heavy atom. The Labute approximate surface area is 243 Å². The van der Waals surface area contributed by atoms with Crippen LogP contribution in [0, 0.1) is 0 Å². The molecule has 11 heteroatoms. The van der Waals surface area contributed by atoms with Gasteiger partial charge >= 0.3 is 5.97 Å². The van der Waals surface area contributed by atoms with Crippen molar-refractivity contribution < 1.29 is 23.4 Å². The van der Waals surface area contributed by atoms with Gasteiger partial charge in [-0.3, -0.25) is 9.36 Å². The highest BCUT2D eigenvalue weighted by Crippen LogP contribution is 2.38.